The number of likely N-dealkylation sites (tertiary alicyclic amines) is 1. The van der Waals surface area contributed by atoms with Crippen LogP contribution in [-0.4, -0.2) is 80.4 Å². The molecule has 0 aromatic carbocycles. The van der Waals surface area contributed by atoms with Crippen LogP contribution in [0.1, 0.15) is 19.3 Å². The van der Waals surface area contributed by atoms with E-state index in [0.717, 1.165) is 65.2 Å². The maximum absolute atomic E-state index is 12.5. The summed E-state index contributed by atoms with van der Waals surface area (Å²) in [6.07, 6.45) is 2.67. The molecule has 3 fully saturated rings. The molecule has 3 aliphatic heterocycles. The van der Waals surface area contributed by atoms with Crippen LogP contribution in [0.3, 0.4) is 0 Å². The van der Waals surface area contributed by atoms with Crippen molar-refractivity contribution >= 4 is 30.7 Å². The molecule has 3 saturated heterocycles. The first kappa shape index (κ1) is 20.9. The number of carbonyl (C=O) groups is 1. The second kappa shape index (κ2) is 10.0. The largest absolute Gasteiger partial charge is 0.379 e. The molecule has 0 bridgehead atoms. The zero-order valence-electron chi connectivity index (χ0n) is 13.5. The smallest absolute Gasteiger partial charge is 0.251 e. The summed E-state index contributed by atoms with van der Waals surface area (Å²) >= 11 is 0. The quantitative estimate of drug-likeness (QED) is 0.782. The first-order valence-corrected chi connectivity index (χ1v) is 8.20. The molecule has 0 aromatic rings. The highest BCUT2D eigenvalue weighted by Crippen LogP contribution is 2.24. The van der Waals surface area contributed by atoms with Crippen LogP contribution < -0.4 is 5.73 Å². The number of nitrogens with zero attached hydrogens (tertiary/aromatic N) is 2. The lowest BCUT2D eigenvalue weighted by atomic mass is 10.1. The third-order valence-corrected chi connectivity index (χ3v) is 4.86. The van der Waals surface area contributed by atoms with E-state index in [1.807, 2.05) is 4.90 Å². The number of hydrogen-bond donors (Lipinski definition) is 1. The van der Waals surface area contributed by atoms with Gasteiger partial charge in [-0.05, 0) is 25.2 Å². The lowest BCUT2D eigenvalue weighted by Crippen LogP contribution is -2.41. The van der Waals surface area contributed by atoms with E-state index in [1.165, 1.54) is 0 Å². The van der Waals surface area contributed by atoms with Crippen molar-refractivity contribution < 1.29 is 14.3 Å². The van der Waals surface area contributed by atoms with Gasteiger partial charge in [-0.15, -0.1) is 24.8 Å². The molecule has 1 amide bonds. The SMILES string of the molecule is Cl.Cl.NC[C@H]1CC[C@@H](C(=O)N2CCC(CN3CCOCC3)C2)O1. The highest BCUT2D eigenvalue weighted by atomic mass is 35.5. The molecule has 0 spiro atoms. The third-order valence-electron chi connectivity index (χ3n) is 4.86. The molecular formula is C15H29Cl2N3O3. The Morgan fingerprint density at radius 3 is 2.48 bits per heavy atom. The van der Waals surface area contributed by atoms with E-state index >= 15 is 0 Å². The Labute approximate surface area is 150 Å². The number of rotatable bonds is 4. The number of hydrogen-bond acceptors (Lipinski definition) is 5. The van der Waals surface area contributed by atoms with E-state index in [2.05, 4.69) is 4.90 Å². The maximum Gasteiger partial charge on any atom is 0.251 e. The second-order valence-electron chi connectivity index (χ2n) is 6.41. The minimum absolute atomic E-state index is 0. The van der Waals surface area contributed by atoms with Crippen molar-refractivity contribution in [2.45, 2.75) is 31.5 Å². The Morgan fingerprint density at radius 1 is 1.09 bits per heavy atom. The van der Waals surface area contributed by atoms with Crippen molar-refractivity contribution in [2.24, 2.45) is 11.7 Å². The first-order chi connectivity index (χ1) is 10.3. The van der Waals surface area contributed by atoms with E-state index in [4.69, 9.17) is 15.2 Å². The van der Waals surface area contributed by atoms with Crippen molar-refractivity contribution in [3.63, 3.8) is 0 Å². The lowest BCUT2D eigenvalue weighted by molar-refractivity contribution is -0.141. The van der Waals surface area contributed by atoms with Gasteiger partial charge in [0.1, 0.15) is 6.10 Å². The van der Waals surface area contributed by atoms with Gasteiger partial charge in [-0.2, -0.15) is 0 Å². The molecule has 8 heteroatoms. The fourth-order valence-corrected chi connectivity index (χ4v) is 3.60. The molecule has 3 aliphatic rings. The zero-order valence-corrected chi connectivity index (χ0v) is 15.2. The van der Waals surface area contributed by atoms with Gasteiger partial charge in [-0.3, -0.25) is 9.69 Å². The molecule has 0 radical (unpaired) electrons. The van der Waals surface area contributed by atoms with Gasteiger partial charge < -0.3 is 20.1 Å². The average Bonchev–Trinajstić information content (AvgIpc) is 3.16. The fourth-order valence-electron chi connectivity index (χ4n) is 3.60. The molecule has 0 saturated carbocycles. The van der Waals surface area contributed by atoms with E-state index in [1.54, 1.807) is 0 Å². The molecule has 3 atom stereocenters. The van der Waals surface area contributed by atoms with Gasteiger partial charge in [0, 0.05) is 39.3 Å². The molecule has 3 rings (SSSR count). The number of morpholine rings is 1. The molecule has 0 aromatic heterocycles. The van der Waals surface area contributed by atoms with Crippen molar-refractivity contribution in [3.05, 3.63) is 0 Å². The van der Waals surface area contributed by atoms with Gasteiger partial charge in [-0.1, -0.05) is 0 Å². The number of nitrogens with two attached hydrogens (primary N) is 1. The van der Waals surface area contributed by atoms with Gasteiger partial charge in [0.15, 0.2) is 0 Å². The Hall–Kier alpha value is -0.110. The number of ether oxygens (including phenoxy) is 2. The minimum atomic E-state index is -0.249. The molecule has 136 valence electrons. The predicted octanol–water partition coefficient (Wildman–Crippen LogP) is 0.517. The number of halogens is 2. The summed E-state index contributed by atoms with van der Waals surface area (Å²) in [6, 6.07) is 0. The zero-order chi connectivity index (χ0) is 14.7. The van der Waals surface area contributed by atoms with Gasteiger partial charge in [-0.25, -0.2) is 0 Å². The lowest BCUT2D eigenvalue weighted by Gasteiger charge is -2.29. The van der Waals surface area contributed by atoms with Crippen LogP contribution in [0.2, 0.25) is 0 Å². The maximum atomic E-state index is 12.5. The van der Waals surface area contributed by atoms with Gasteiger partial charge in [0.05, 0.1) is 19.3 Å². The van der Waals surface area contributed by atoms with E-state index in [0.29, 0.717) is 12.5 Å². The Kier molecular flexibility index (Phi) is 9.11. The van der Waals surface area contributed by atoms with Crippen LogP contribution in [0.15, 0.2) is 0 Å². The van der Waals surface area contributed by atoms with Crippen molar-refractivity contribution in [3.8, 4) is 0 Å². The summed E-state index contributed by atoms with van der Waals surface area (Å²) in [4.78, 5) is 16.9. The monoisotopic (exact) mass is 369 g/mol. The van der Waals surface area contributed by atoms with Crippen molar-refractivity contribution in [2.75, 3.05) is 52.5 Å². The van der Waals surface area contributed by atoms with Crippen LogP contribution in [0.25, 0.3) is 0 Å². The molecule has 6 nitrogen and oxygen atoms in total. The summed E-state index contributed by atoms with van der Waals surface area (Å²) in [5.74, 6) is 0.772. The highest BCUT2D eigenvalue weighted by molar-refractivity contribution is 5.85. The minimum Gasteiger partial charge on any atom is -0.379 e. The number of carbonyl (C=O) groups excluding carboxylic acids is 1. The second-order valence-corrected chi connectivity index (χ2v) is 6.41. The highest BCUT2D eigenvalue weighted by Gasteiger charge is 2.36. The van der Waals surface area contributed by atoms with Crippen LogP contribution >= 0.6 is 24.8 Å². The van der Waals surface area contributed by atoms with Crippen LogP contribution in [0.5, 0.6) is 0 Å². The summed E-state index contributed by atoms with van der Waals surface area (Å²) in [6.45, 7) is 7.08. The van der Waals surface area contributed by atoms with Crippen LogP contribution in [0, 0.1) is 5.92 Å². The molecule has 2 N–H and O–H groups in total. The molecule has 1 unspecified atom stereocenters. The topological polar surface area (TPSA) is 68.0 Å². The Bertz CT molecular complexity index is 370. The third kappa shape index (κ3) is 5.44. The molecule has 0 aliphatic carbocycles. The Morgan fingerprint density at radius 2 is 1.83 bits per heavy atom. The Balaban J connectivity index is 0.00000132. The average molecular weight is 370 g/mol. The van der Waals surface area contributed by atoms with Crippen molar-refractivity contribution in [1.82, 2.24) is 9.80 Å². The van der Waals surface area contributed by atoms with Crippen molar-refractivity contribution in [1.29, 1.82) is 0 Å². The predicted molar refractivity (Wildman–Crippen MR) is 93.4 cm³/mol. The summed E-state index contributed by atoms with van der Waals surface area (Å²) < 4.78 is 11.1. The van der Waals surface area contributed by atoms with Gasteiger partial charge in [0.25, 0.3) is 5.91 Å². The van der Waals surface area contributed by atoms with E-state index in [-0.39, 0.29) is 42.9 Å². The summed E-state index contributed by atoms with van der Waals surface area (Å²) in [5, 5.41) is 0. The van der Waals surface area contributed by atoms with E-state index < -0.39 is 0 Å². The van der Waals surface area contributed by atoms with Gasteiger partial charge in [0.2, 0.25) is 0 Å². The van der Waals surface area contributed by atoms with E-state index in [9.17, 15) is 4.79 Å². The standard InChI is InChI=1S/C15H27N3O3.2ClH/c16-9-13-1-2-14(21-13)15(19)18-4-3-12(11-18)10-17-5-7-20-8-6-17;;/h12-14H,1-11,16H2;2*1H/t12?,13-,14+;;/m1../s1. The first-order valence-electron chi connectivity index (χ1n) is 8.20. The number of amides is 1. The molecular weight excluding hydrogens is 341 g/mol. The fraction of sp³-hybridized carbons (Fsp3) is 0.933. The van der Waals surface area contributed by atoms with Crippen LogP contribution in [0.4, 0.5) is 0 Å². The van der Waals surface area contributed by atoms with Gasteiger partial charge >= 0.3 is 0 Å². The summed E-state index contributed by atoms with van der Waals surface area (Å²) in [7, 11) is 0. The normalized spacial score (nSPS) is 31.5. The van der Waals surface area contributed by atoms with Crippen LogP contribution in [-0.2, 0) is 14.3 Å². The molecule has 23 heavy (non-hydrogen) atoms. The summed E-state index contributed by atoms with van der Waals surface area (Å²) in [5.41, 5.74) is 5.61. The molecule has 3 heterocycles.